The normalized spacial score (nSPS) is 15.0. The molecule has 22 heavy (non-hydrogen) atoms. The van der Waals surface area contributed by atoms with E-state index in [0.717, 1.165) is 24.9 Å². The zero-order valence-corrected chi connectivity index (χ0v) is 13.6. The minimum absolute atomic E-state index is 0.0190. The molecule has 1 amide bonds. The molecule has 1 aliphatic rings. The van der Waals surface area contributed by atoms with Crippen molar-refractivity contribution in [3.05, 3.63) is 23.8 Å². The molecule has 0 aromatic heterocycles. The minimum atomic E-state index is -3.51. The largest absolute Gasteiger partial charge is 0.326 e. The van der Waals surface area contributed by atoms with E-state index >= 15 is 0 Å². The van der Waals surface area contributed by atoms with Crippen molar-refractivity contribution in [2.75, 3.05) is 25.0 Å². The molecule has 0 aliphatic carbocycles. The van der Waals surface area contributed by atoms with Crippen LogP contribution >= 0.6 is 0 Å². The summed E-state index contributed by atoms with van der Waals surface area (Å²) in [5, 5.41) is 5.95. The Hall–Kier alpha value is -1.44. The van der Waals surface area contributed by atoms with E-state index in [0.29, 0.717) is 31.6 Å². The third-order valence-electron chi connectivity index (χ3n) is 3.53. The Morgan fingerprint density at radius 3 is 2.77 bits per heavy atom. The monoisotopic (exact) mass is 325 g/mol. The van der Waals surface area contributed by atoms with Crippen LogP contribution in [0.5, 0.6) is 0 Å². The number of amides is 1. The topological polar surface area (TPSA) is 87.3 Å². The van der Waals surface area contributed by atoms with Crippen LogP contribution in [0.25, 0.3) is 0 Å². The van der Waals surface area contributed by atoms with Crippen LogP contribution in [-0.2, 0) is 21.2 Å². The molecule has 1 aromatic carbocycles. The second-order valence-electron chi connectivity index (χ2n) is 5.37. The maximum Gasteiger partial charge on any atom is 0.240 e. The molecule has 122 valence electrons. The first-order valence-corrected chi connectivity index (χ1v) is 9.14. The highest BCUT2D eigenvalue weighted by Gasteiger charge is 2.18. The fourth-order valence-corrected chi connectivity index (χ4v) is 3.46. The van der Waals surface area contributed by atoms with Gasteiger partial charge in [0.1, 0.15) is 0 Å². The summed E-state index contributed by atoms with van der Waals surface area (Å²) in [4.78, 5) is 11.8. The fraction of sp³-hybridized carbons (Fsp3) is 0.533. The third kappa shape index (κ3) is 4.53. The Morgan fingerprint density at radius 1 is 1.18 bits per heavy atom. The highest BCUT2D eigenvalue weighted by molar-refractivity contribution is 7.89. The molecule has 0 radical (unpaired) electrons. The number of aryl methyl sites for hydroxylation is 1. The Bertz CT molecular complexity index is 629. The van der Waals surface area contributed by atoms with Crippen molar-refractivity contribution in [1.29, 1.82) is 0 Å². The van der Waals surface area contributed by atoms with Gasteiger partial charge in [-0.25, -0.2) is 13.1 Å². The molecule has 3 N–H and O–H groups in total. The molecule has 7 heteroatoms. The maximum absolute atomic E-state index is 12.3. The lowest BCUT2D eigenvalue weighted by molar-refractivity contribution is -0.116. The number of fused-ring (bicyclic) bond motifs is 1. The van der Waals surface area contributed by atoms with E-state index < -0.39 is 10.0 Å². The van der Waals surface area contributed by atoms with E-state index in [4.69, 9.17) is 0 Å². The zero-order chi connectivity index (χ0) is 16.0. The Balaban J connectivity index is 2.05. The highest BCUT2D eigenvalue weighted by atomic mass is 32.2. The number of hydrogen-bond acceptors (Lipinski definition) is 4. The van der Waals surface area contributed by atoms with E-state index in [1.807, 2.05) is 0 Å². The highest BCUT2D eigenvalue weighted by Crippen LogP contribution is 2.24. The third-order valence-corrected chi connectivity index (χ3v) is 4.99. The number of carbonyl (C=O) groups excluding carboxylic acids is 1. The zero-order valence-electron chi connectivity index (χ0n) is 12.8. The predicted molar refractivity (Wildman–Crippen MR) is 86.4 cm³/mol. The number of carbonyl (C=O) groups is 1. The van der Waals surface area contributed by atoms with Gasteiger partial charge in [0, 0.05) is 25.2 Å². The van der Waals surface area contributed by atoms with Crippen LogP contribution in [0.1, 0.15) is 31.7 Å². The second-order valence-corrected chi connectivity index (χ2v) is 7.14. The van der Waals surface area contributed by atoms with Crippen LogP contribution in [0, 0.1) is 0 Å². The van der Waals surface area contributed by atoms with Crippen molar-refractivity contribution in [2.24, 2.45) is 0 Å². The molecule has 1 aliphatic heterocycles. The number of anilines is 1. The molecule has 6 nitrogen and oxygen atoms in total. The van der Waals surface area contributed by atoms with Crippen molar-refractivity contribution in [3.63, 3.8) is 0 Å². The van der Waals surface area contributed by atoms with Crippen LogP contribution in [0.15, 0.2) is 23.1 Å². The fourth-order valence-electron chi connectivity index (χ4n) is 2.38. The van der Waals surface area contributed by atoms with Gasteiger partial charge in [-0.1, -0.05) is 6.92 Å². The summed E-state index contributed by atoms with van der Waals surface area (Å²) in [6.07, 6.45) is 2.92. The average molecular weight is 325 g/mol. The Labute approximate surface area is 131 Å². The molecule has 2 rings (SSSR count). The summed E-state index contributed by atoms with van der Waals surface area (Å²) >= 11 is 0. The van der Waals surface area contributed by atoms with Gasteiger partial charge in [0.15, 0.2) is 0 Å². The summed E-state index contributed by atoms with van der Waals surface area (Å²) in [6, 6.07) is 4.86. The number of hydrogen-bond donors (Lipinski definition) is 3. The number of rotatable bonds is 7. The summed E-state index contributed by atoms with van der Waals surface area (Å²) in [5.41, 5.74) is 1.59. The summed E-state index contributed by atoms with van der Waals surface area (Å²) < 4.78 is 27.1. The van der Waals surface area contributed by atoms with Crippen molar-refractivity contribution in [3.8, 4) is 0 Å². The smallest absolute Gasteiger partial charge is 0.240 e. The average Bonchev–Trinajstić information content (AvgIpc) is 2.66. The van der Waals surface area contributed by atoms with Gasteiger partial charge in [-0.2, -0.15) is 0 Å². The first kappa shape index (κ1) is 16.9. The molecule has 0 spiro atoms. The summed E-state index contributed by atoms with van der Waals surface area (Å²) in [7, 11) is -3.51. The molecule has 0 saturated heterocycles. The lowest BCUT2D eigenvalue weighted by Gasteiger charge is -2.11. The quantitative estimate of drug-likeness (QED) is 0.658. The Morgan fingerprint density at radius 2 is 2.00 bits per heavy atom. The molecule has 0 atom stereocenters. The van der Waals surface area contributed by atoms with Crippen molar-refractivity contribution in [1.82, 2.24) is 10.0 Å². The van der Waals surface area contributed by atoms with Crippen LogP contribution in [0.2, 0.25) is 0 Å². The predicted octanol–water partition coefficient (Wildman–Crippen LogP) is 1.24. The van der Waals surface area contributed by atoms with Gasteiger partial charge in [-0.15, -0.1) is 0 Å². The van der Waals surface area contributed by atoms with Crippen LogP contribution < -0.4 is 15.4 Å². The lowest BCUT2D eigenvalue weighted by Crippen LogP contribution is -2.32. The van der Waals surface area contributed by atoms with Crippen LogP contribution in [-0.4, -0.2) is 34.0 Å². The Kier molecular flexibility index (Phi) is 5.93. The SMILES string of the molecule is CCCNCCNS(=O)(=O)c1ccc2c(c1)CCCC(=O)N2. The second kappa shape index (κ2) is 7.71. The summed E-state index contributed by atoms with van der Waals surface area (Å²) in [5.74, 6) is -0.0190. The van der Waals surface area contributed by atoms with E-state index in [1.54, 1.807) is 12.1 Å². The van der Waals surface area contributed by atoms with Crippen molar-refractivity contribution in [2.45, 2.75) is 37.5 Å². The number of nitrogens with one attached hydrogen (secondary N) is 3. The van der Waals surface area contributed by atoms with E-state index in [1.165, 1.54) is 6.07 Å². The molecule has 0 bridgehead atoms. The van der Waals surface area contributed by atoms with Crippen molar-refractivity contribution < 1.29 is 13.2 Å². The number of benzene rings is 1. The van der Waals surface area contributed by atoms with Crippen molar-refractivity contribution >= 4 is 21.6 Å². The van der Waals surface area contributed by atoms with E-state index in [2.05, 4.69) is 22.3 Å². The van der Waals surface area contributed by atoms with Gasteiger partial charge >= 0.3 is 0 Å². The first-order valence-electron chi connectivity index (χ1n) is 7.66. The lowest BCUT2D eigenvalue weighted by atomic mass is 10.1. The molecule has 0 fully saturated rings. The van der Waals surface area contributed by atoms with Gasteiger partial charge in [0.2, 0.25) is 15.9 Å². The van der Waals surface area contributed by atoms with Gasteiger partial charge in [-0.3, -0.25) is 4.79 Å². The molecule has 0 saturated carbocycles. The minimum Gasteiger partial charge on any atom is -0.326 e. The van der Waals surface area contributed by atoms with Gasteiger partial charge in [0.05, 0.1) is 4.90 Å². The molecule has 1 aromatic rings. The number of sulfonamides is 1. The molecular weight excluding hydrogens is 302 g/mol. The standard InChI is InChI=1S/C15H23N3O3S/c1-2-8-16-9-10-17-22(20,21)13-6-7-14-12(11-13)4-3-5-15(19)18-14/h6-7,11,16-17H,2-5,8-10H2,1H3,(H,18,19). The summed E-state index contributed by atoms with van der Waals surface area (Å²) in [6.45, 7) is 3.90. The van der Waals surface area contributed by atoms with Gasteiger partial charge < -0.3 is 10.6 Å². The van der Waals surface area contributed by atoms with E-state index in [-0.39, 0.29) is 10.8 Å². The molecule has 1 heterocycles. The molecule has 0 unspecified atom stereocenters. The van der Waals surface area contributed by atoms with Gasteiger partial charge in [0.25, 0.3) is 0 Å². The van der Waals surface area contributed by atoms with Gasteiger partial charge in [-0.05, 0) is 49.6 Å². The molecular formula is C15H23N3O3S. The van der Waals surface area contributed by atoms with E-state index in [9.17, 15) is 13.2 Å². The first-order chi connectivity index (χ1) is 10.5. The van der Waals surface area contributed by atoms with Crippen LogP contribution in [0.3, 0.4) is 0 Å². The maximum atomic E-state index is 12.3. The van der Waals surface area contributed by atoms with Crippen LogP contribution in [0.4, 0.5) is 5.69 Å².